The first kappa shape index (κ1) is 17.8. The molecule has 0 saturated carbocycles. The molecule has 2 amide bonds. The summed E-state index contributed by atoms with van der Waals surface area (Å²) in [5.74, 6) is -0.101. The Morgan fingerprint density at radius 3 is 2.81 bits per heavy atom. The summed E-state index contributed by atoms with van der Waals surface area (Å²) in [6.07, 6.45) is 1.67. The lowest BCUT2D eigenvalue weighted by atomic mass is 9.92. The van der Waals surface area contributed by atoms with Crippen LogP contribution in [0.4, 0.5) is 0 Å². The van der Waals surface area contributed by atoms with E-state index in [4.69, 9.17) is 4.42 Å². The van der Waals surface area contributed by atoms with Crippen LogP contribution in [-0.2, 0) is 16.1 Å². The van der Waals surface area contributed by atoms with Crippen LogP contribution in [0.1, 0.15) is 23.7 Å². The highest BCUT2D eigenvalue weighted by Crippen LogP contribution is 2.35. The van der Waals surface area contributed by atoms with E-state index in [0.717, 1.165) is 17.3 Å². The van der Waals surface area contributed by atoms with Crippen LogP contribution in [0.25, 0.3) is 0 Å². The summed E-state index contributed by atoms with van der Waals surface area (Å²) in [7, 11) is 0. The number of hydrogen-bond donors (Lipinski definition) is 2. The lowest BCUT2D eigenvalue weighted by Crippen LogP contribution is -2.32. The van der Waals surface area contributed by atoms with Gasteiger partial charge in [-0.1, -0.05) is 42.1 Å². The van der Waals surface area contributed by atoms with E-state index in [1.165, 1.54) is 6.26 Å². The second-order valence-electron chi connectivity index (χ2n) is 5.73. The van der Waals surface area contributed by atoms with Crippen molar-refractivity contribution in [1.82, 2.24) is 10.6 Å². The monoisotopic (exact) mass is 367 g/mol. The van der Waals surface area contributed by atoms with Gasteiger partial charge in [0.15, 0.2) is 0 Å². The van der Waals surface area contributed by atoms with Crippen molar-refractivity contribution in [3.63, 3.8) is 0 Å². The fraction of sp³-hybridized carbons (Fsp3) is 0.211. The highest BCUT2D eigenvalue weighted by atomic mass is 32.2. The molecule has 0 fully saturated rings. The molecule has 6 nitrogen and oxygen atoms in total. The van der Waals surface area contributed by atoms with E-state index in [9.17, 15) is 14.9 Å². The number of carbonyl (C=O) groups excluding carboxylic acids is 2. The number of nitrogens with zero attached hydrogens (tertiary/aromatic N) is 1. The molecule has 3 rings (SSSR count). The van der Waals surface area contributed by atoms with E-state index >= 15 is 0 Å². The predicted molar refractivity (Wildman–Crippen MR) is 97.6 cm³/mol. The summed E-state index contributed by atoms with van der Waals surface area (Å²) in [5.41, 5.74) is 1.42. The van der Waals surface area contributed by atoms with E-state index in [-0.39, 0.29) is 24.0 Å². The van der Waals surface area contributed by atoms with E-state index < -0.39 is 5.92 Å². The Labute approximate surface area is 155 Å². The van der Waals surface area contributed by atoms with Crippen LogP contribution < -0.4 is 10.6 Å². The molecule has 132 valence electrons. The van der Waals surface area contributed by atoms with Crippen LogP contribution in [-0.4, -0.2) is 17.6 Å². The van der Waals surface area contributed by atoms with Crippen LogP contribution in [0.2, 0.25) is 0 Å². The maximum Gasteiger partial charge on any atom is 0.230 e. The number of amides is 2. The van der Waals surface area contributed by atoms with Crippen LogP contribution in [0.3, 0.4) is 0 Å². The van der Waals surface area contributed by atoms with Gasteiger partial charge < -0.3 is 15.1 Å². The highest BCUT2D eigenvalue weighted by molar-refractivity contribution is 8.03. The normalized spacial score (nSPS) is 16.7. The molecule has 0 unspecified atom stereocenters. The summed E-state index contributed by atoms with van der Waals surface area (Å²) in [4.78, 5) is 24.1. The maximum atomic E-state index is 12.1. The fourth-order valence-electron chi connectivity index (χ4n) is 2.65. The molecule has 2 heterocycles. The van der Waals surface area contributed by atoms with Gasteiger partial charge in [-0.05, 0) is 17.7 Å². The molecule has 1 aromatic carbocycles. The summed E-state index contributed by atoms with van der Waals surface area (Å²) >= 11 is 1.15. The van der Waals surface area contributed by atoms with Crippen molar-refractivity contribution in [2.45, 2.75) is 18.9 Å². The standard InChI is InChI=1S/C19H17N3O3S/c20-10-15-14(16-7-4-8-25-16)9-17(23)22-19(15)26-12-18(24)21-11-13-5-2-1-3-6-13/h1-8,14H,9,11-12H2,(H,21,24)(H,22,23)/t14-/m0/s1. The summed E-state index contributed by atoms with van der Waals surface area (Å²) < 4.78 is 5.36. The number of hydrogen-bond acceptors (Lipinski definition) is 5. The Morgan fingerprint density at radius 2 is 2.12 bits per heavy atom. The van der Waals surface area contributed by atoms with Crippen molar-refractivity contribution in [1.29, 1.82) is 5.26 Å². The quantitative estimate of drug-likeness (QED) is 0.818. The minimum Gasteiger partial charge on any atom is -0.469 e. The lowest BCUT2D eigenvalue weighted by molar-refractivity contribution is -0.121. The highest BCUT2D eigenvalue weighted by Gasteiger charge is 2.31. The molecular formula is C19H17N3O3S. The molecule has 0 saturated heterocycles. The van der Waals surface area contributed by atoms with Gasteiger partial charge in [0.1, 0.15) is 5.76 Å². The number of nitrogens with one attached hydrogen (secondary N) is 2. The SMILES string of the molecule is N#CC1=C(SCC(=O)NCc2ccccc2)NC(=O)C[C@@H]1c1ccco1. The van der Waals surface area contributed by atoms with Gasteiger partial charge in [-0.15, -0.1) is 0 Å². The van der Waals surface area contributed by atoms with Crippen molar-refractivity contribution in [3.8, 4) is 6.07 Å². The van der Waals surface area contributed by atoms with Crippen molar-refractivity contribution in [2.75, 3.05) is 5.75 Å². The van der Waals surface area contributed by atoms with Crippen molar-refractivity contribution in [2.24, 2.45) is 0 Å². The number of allylic oxidation sites excluding steroid dienone is 1. The third kappa shape index (κ3) is 4.35. The molecule has 2 aromatic rings. The minimum absolute atomic E-state index is 0.110. The predicted octanol–water partition coefficient (Wildman–Crippen LogP) is 2.67. The van der Waals surface area contributed by atoms with Gasteiger partial charge in [0, 0.05) is 13.0 Å². The summed E-state index contributed by atoms with van der Waals surface area (Å²) in [5, 5.41) is 15.5. The number of furan rings is 1. The molecule has 0 aliphatic carbocycles. The zero-order valence-corrected chi connectivity index (χ0v) is 14.7. The van der Waals surface area contributed by atoms with Crippen LogP contribution >= 0.6 is 11.8 Å². The van der Waals surface area contributed by atoms with Gasteiger partial charge in [0.2, 0.25) is 11.8 Å². The Morgan fingerprint density at radius 1 is 1.31 bits per heavy atom. The number of carbonyl (C=O) groups is 2. The van der Waals surface area contributed by atoms with Gasteiger partial charge in [-0.25, -0.2) is 0 Å². The van der Waals surface area contributed by atoms with Crippen molar-refractivity contribution >= 4 is 23.6 Å². The molecule has 2 N–H and O–H groups in total. The Balaban J connectivity index is 1.64. The topological polar surface area (TPSA) is 95.1 Å². The Hall–Kier alpha value is -2.98. The average molecular weight is 367 g/mol. The maximum absolute atomic E-state index is 12.1. The molecule has 0 radical (unpaired) electrons. The molecule has 1 aliphatic heterocycles. The Kier molecular flexibility index (Phi) is 5.77. The van der Waals surface area contributed by atoms with Crippen LogP contribution in [0.5, 0.6) is 0 Å². The van der Waals surface area contributed by atoms with Crippen LogP contribution in [0, 0.1) is 11.3 Å². The lowest BCUT2D eigenvalue weighted by Gasteiger charge is -2.23. The molecular weight excluding hydrogens is 350 g/mol. The second-order valence-corrected chi connectivity index (χ2v) is 6.71. The van der Waals surface area contributed by atoms with E-state index in [2.05, 4.69) is 16.7 Å². The minimum atomic E-state index is -0.418. The van der Waals surface area contributed by atoms with E-state index in [1.807, 2.05) is 30.3 Å². The second kappa shape index (κ2) is 8.41. The molecule has 7 heteroatoms. The van der Waals surface area contributed by atoms with Crippen molar-refractivity contribution in [3.05, 3.63) is 70.7 Å². The molecule has 1 aliphatic rings. The first-order valence-electron chi connectivity index (χ1n) is 8.08. The molecule has 26 heavy (non-hydrogen) atoms. The number of thioether (sulfide) groups is 1. The van der Waals surface area contributed by atoms with E-state index in [0.29, 0.717) is 22.9 Å². The average Bonchev–Trinajstić information content (AvgIpc) is 3.19. The van der Waals surface area contributed by atoms with E-state index in [1.54, 1.807) is 12.1 Å². The number of benzene rings is 1. The number of rotatable bonds is 6. The molecule has 0 spiro atoms. The zero-order valence-electron chi connectivity index (χ0n) is 13.9. The smallest absolute Gasteiger partial charge is 0.230 e. The first-order valence-corrected chi connectivity index (χ1v) is 9.07. The molecule has 0 bridgehead atoms. The van der Waals surface area contributed by atoms with Crippen LogP contribution in [0.15, 0.2) is 63.7 Å². The Bertz CT molecular complexity index is 854. The zero-order chi connectivity index (χ0) is 18.4. The van der Waals surface area contributed by atoms with Gasteiger partial charge >= 0.3 is 0 Å². The van der Waals surface area contributed by atoms with Gasteiger partial charge in [0.05, 0.1) is 34.6 Å². The summed E-state index contributed by atoms with van der Waals surface area (Å²) in [6, 6.07) is 15.2. The fourth-order valence-corrected chi connectivity index (χ4v) is 3.56. The molecule has 1 atom stereocenters. The van der Waals surface area contributed by atoms with Crippen molar-refractivity contribution < 1.29 is 14.0 Å². The van der Waals surface area contributed by atoms with Gasteiger partial charge in [-0.2, -0.15) is 5.26 Å². The third-order valence-electron chi connectivity index (χ3n) is 3.92. The van der Waals surface area contributed by atoms with Gasteiger partial charge in [-0.3, -0.25) is 9.59 Å². The third-order valence-corrected chi connectivity index (χ3v) is 4.94. The first-order chi connectivity index (χ1) is 12.7. The molecule has 1 aromatic heterocycles. The summed E-state index contributed by atoms with van der Waals surface area (Å²) in [6.45, 7) is 0.436. The largest absolute Gasteiger partial charge is 0.469 e. The van der Waals surface area contributed by atoms with Gasteiger partial charge in [0.25, 0.3) is 0 Å². The number of nitriles is 1.